The summed E-state index contributed by atoms with van der Waals surface area (Å²) < 4.78 is 0. The zero-order valence-corrected chi connectivity index (χ0v) is 8.78. The Morgan fingerprint density at radius 3 is 2.14 bits per heavy atom. The van der Waals surface area contributed by atoms with Gasteiger partial charge in [-0.1, -0.05) is 43.2 Å². The van der Waals surface area contributed by atoms with E-state index in [0.29, 0.717) is 0 Å². The number of hydrogen-bond donors (Lipinski definition) is 0. The Morgan fingerprint density at radius 1 is 0.857 bits per heavy atom. The van der Waals surface area contributed by atoms with E-state index < -0.39 is 0 Å². The number of likely N-dealkylation sites (tertiary alicyclic amines) is 1. The third-order valence-corrected chi connectivity index (χ3v) is 2.95. The molecule has 0 amide bonds. The minimum absolute atomic E-state index is 1.14. The first-order valence-corrected chi connectivity index (χ1v) is 5.71. The first kappa shape index (κ1) is 9.72. The molecular formula is C13H19N. The Kier molecular flexibility index (Phi) is 3.58. The Labute approximate surface area is 86.7 Å². The molecule has 14 heavy (non-hydrogen) atoms. The lowest BCUT2D eigenvalue weighted by atomic mass is 10.2. The van der Waals surface area contributed by atoms with Crippen LogP contribution in [-0.2, 0) is 6.54 Å². The van der Waals surface area contributed by atoms with Crippen LogP contribution in [0.2, 0.25) is 0 Å². The molecule has 1 aliphatic rings. The first-order chi connectivity index (χ1) is 6.95. The fraction of sp³-hybridized carbons (Fsp3) is 0.538. The molecule has 76 valence electrons. The maximum atomic E-state index is 2.59. The smallest absolute Gasteiger partial charge is 0.0233 e. The van der Waals surface area contributed by atoms with Crippen molar-refractivity contribution < 1.29 is 0 Å². The van der Waals surface area contributed by atoms with Crippen molar-refractivity contribution in [2.24, 2.45) is 0 Å². The first-order valence-electron chi connectivity index (χ1n) is 5.71. The lowest BCUT2D eigenvalue weighted by Gasteiger charge is -2.19. The molecule has 0 spiro atoms. The summed E-state index contributed by atoms with van der Waals surface area (Å²) >= 11 is 0. The molecule has 1 nitrogen and oxygen atoms in total. The SMILES string of the molecule is c1ccc(CN2CCCCCC2)cc1. The normalized spacial score (nSPS) is 19.1. The highest BCUT2D eigenvalue weighted by molar-refractivity contribution is 5.14. The van der Waals surface area contributed by atoms with Crippen LogP contribution in [0.4, 0.5) is 0 Å². The number of rotatable bonds is 2. The van der Waals surface area contributed by atoms with Crippen LogP contribution >= 0.6 is 0 Å². The average Bonchev–Trinajstić information content (AvgIpc) is 2.48. The van der Waals surface area contributed by atoms with Crippen LogP contribution in [0, 0.1) is 0 Å². The molecule has 1 fully saturated rings. The van der Waals surface area contributed by atoms with E-state index in [1.165, 1.54) is 44.3 Å². The molecule has 0 atom stereocenters. The van der Waals surface area contributed by atoms with Gasteiger partial charge in [0.05, 0.1) is 0 Å². The Morgan fingerprint density at radius 2 is 1.50 bits per heavy atom. The molecule has 0 radical (unpaired) electrons. The predicted molar refractivity (Wildman–Crippen MR) is 60.2 cm³/mol. The average molecular weight is 189 g/mol. The van der Waals surface area contributed by atoms with E-state index in [1.54, 1.807) is 0 Å². The summed E-state index contributed by atoms with van der Waals surface area (Å²) in [6.45, 7) is 3.71. The van der Waals surface area contributed by atoms with E-state index in [-0.39, 0.29) is 0 Å². The highest BCUT2D eigenvalue weighted by Crippen LogP contribution is 2.12. The minimum atomic E-state index is 1.14. The maximum absolute atomic E-state index is 2.59. The highest BCUT2D eigenvalue weighted by atomic mass is 15.1. The van der Waals surface area contributed by atoms with Gasteiger partial charge in [0.15, 0.2) is 0 Å². The maximum Gasteiger partial charge on any atom is 0.0233 e. The van der Waals surface area contributed by atoms with Gasteiger partial charge in [-0.3, -0.25) is 4.90 Å². The fourth-order valence-corrected chi connectivity index (χ4v) is 2.14. The highest BCUT2D eigenvalue weighted by Gasteiger charge is 2.08. The molecule has 1 heterocycles. The second kappa shape index (κ2) is 5.16. The van der Waals surface area contributed by atoms with Crippen molar-refractivity contribution in [1.82, 2.24) is 4.90 Å². The molecule has 1 aromatic carbocycles. The standard InChI is InChI=1S/C13H19N/c1-2-7-11-14(10-6-1)12-13-8-4-3-5-9-13/h3-5,8-9H,1-2,6-7,10-12H2. The van der Waals surface area contributed by atoms with Crippen molar-refractivity contribution >= 4 is 0 Å². The van der Waals surface area contributed by atoms with Crippen LogP contribution in [0.1, 0.15) is 31.2 Å². The van der Waals surface area contributed by atoms with Crippen molar-refractivity contribution in [2.45, 2.75) is 32.2 Å². The molecular weight excluding hydrogens is 170 g/mol. The lowest BCUT2D eigenvalue weighted by molar-refractivity contribution is 0.277. The van der Waals surface area contributed by atoms with E-state index in [9.17, 15) is 0 Å². The summed E-state index contributed by atoms with van der Waals surface area (Å²) in [5, 5.41) is 0. The molecule has 1 heteroatoms. The van der Waals surface area contributed by atoms with Gasteiger partial charge in [-0.25, -0.2) is 0 Å². The Hall–Kier alpha value is -0.820. The summed E-state index contributed by atoms with van der Waals surface area (Å²) in [7, 11) is 0. The van der Waals surface area contributed by atoms with Crippen LogP contribution in [0.5, 0.6) is 0 Å². The fourth-order valence-electron chi connectivity index (χ4n) is 2.14. The van der Waals surface area contributed by atoms with Gasteiger partial charge in [0.2, 0.25) is 0 Å². The van der Waals surface area contributed by atoms with Gasteiger partial charge < -0.3 is 0 Å². The monoisotopic (exact) mass is 189 g/mol. The quantitative estimate of drug-likeness (QED) is 0.691. The van der Waals surface area contributed by atoms with Crippen molar-refractivity contribution in [1.29, 1.82) is 0 Å². The van der Waals surface area contributed by atoms with E-state index in [0.717, 1.165) is 6.54 Å². The zero-order valence-electron chi connectivity index (χ0n) is 8.78. The molecule has 1 aliphatic heterocycles. The molecule has 0 unspecified atom stereocenters. The van der Waals surface area contributed by atoms with Crippen LogP contribution in [0.25, 0.3) is 0 Å². The predicted octanol–water partition coefficient (Wildman–Crippen LogP) is 3.06. The number of hydrogen-bond acceptors (Lipinski definition) is 1. The molecule has 1 saturated heterocycles. The lowest BCUT2D eigenvalue weighted by Crippen LogP contribution is -2.23. The van der Waals surface area contributed by atoms with Gasteiger partial charge in [-0.2, -0.15) is 0 Å². The van der Waals surface area contributed by atoms with E-state index in [1.807, 2.05) is 0 Å². The van der Waals surface area contributed by atoms with Crippen molar-refractivity contribution in [3.63, 3.8) is 0 Å². The van der Waals surface area contributed by atoms with E-state index in [4.69, 9.17) is 0 Å². The molecule has 2 rings (SSSR count). The summed E-state index contributed by atoms with van der Waals surface area (Å²) in [5.41, 5.74) is 1.45. The molecule has 0 aliphatic carbocycles. The third kappa shape index (κ3) is 2.85. The van der Waals surface area contributed by atoms with Crippen LogP contribution in [-0.4, -0.2) is 18.0 Å². The number of benzene rings is 1. The van der Waals surface area contributed by atoms with Crippen molar-refractivity contribution in [3.8, 4) is 0 Å². The van der Waals surface area contributed by atoms with Gasteiger partial charge in [-0.05, 0) is 31.5 Å². The topological polar surface area (TPSA) is 3.24 Å². The largest absolute Gasteiger partial charge is 0.299 e. The molecule has 0 N–H and O–H groups in total. The van der Waals surface area contributed by atoms with E-state index in [2.05, 4.69) is 35.2 Å². The third-order valence-electron chi connectivity index (χ3n) is 2.95. The van der Waals surface area contributed by atoms with Gasteiger partial charge in [0.1, 0.15) is 0 Å². The van der Waals surface area contributed by atoms with Crippen molar-refractivity contribution in [2.75, 3.05) is 13.1 Å². The van der Waals surface area contributed by atoms with Crippen molar-refractivity contribution in [3.05, 3.63) is 35.9 Å². The molecule has 1 aromatic rings. The zero-order chi connectivity index (χ0) is 9.64. The second-order valence-corrected chi connectivity index (χ2v) is 4.18. The second-order valence-electron chi connectivity index (χ2n) is 4.18. The van der Waals surface area contributed by atoms with Crippen LogP contribution in [0.15, 0.2) is 30.3 Å². The van der Waals surface area contributed by atoms with Gasteiger partial charge in [0.25, 0.3) is 0 Å². The summed E-state index contributed by atoms with van der Waals surface area (Å²) in [6.07, 6.45) is 5.61. The Balaban J connectivity index is 1.90. The van der Waals surface area contributed by atoms with Crippen LogP contribution < -0.4 is 0 Å². The summed E-state index contributed by atoms with van der Waals surface area (Å²) in [5.74, 6) is 0. The minimum Gasteiger partial charge on any atom is -0.299 e. The number of nitrogens with zero attached hydrogens (tertiary/aromatic N) is 1. The van der Waals surface area contributed by atoms with Gasteiger partial charge in [-0.15, -0.1) is 0 Å². The summed E-state index contributed by atoms with van der Waals surface area (Å²) in [6, 6.07) is 10.8. The Bertz CT molecular complexity index is 247. The summed E-state index contributed by atoms with van der Waals surface area (Å²) in [4.78, 5) is 2.59. The van der Waals surface area contributed by atoms with Gasteiger partial charge >= 0.3 is 0 Å². The van der Waals surface area contributed by atoms with Gasteiger partial charge in [0, 0.05) is 6.54 Å². The van der Waals surface area contributed by atoms with E-state index >= 15 is 0 Å². The van der Waals surface area contributed by atoms with Crippen LogP contribution in [0.3, 0.4) is 0 Å². The molecule has 0 saturated carbocycles. The molecule has 0 bridgehead atoms. The molecule has 0 aromatic heterocycles.